The summed E-state index contributed by atoms with van der Waals surface area (Å²) in [5.41, 5.74) is 0.822. The van der Waals surface area contributed by atoms with Gasteiger partial charge in [0, 0.05) is 29.9 Å². The quantitative estimate of drug-likeness (QED) is 0.855. The number of nitrogens with one attached hydrogen (secondary N) is 1. The van der Waals surface area contributed by atoms with Crippen LogP contribution in [0.2, 0.25) is 5.02 Å². The first kappa shape index (κ1) is 18.6. The molecule has 138 valence electrons. The zero-order valence-electron chi connectivity index (χ0n) is 14.4. The summed E-state index contributed by atoms with van der Waals surface area (Å²) >= 11 is 5.84. The van der Waals surface area contributed by atoms with Crippen LogP contribution < -0.4 is 10.2 Å². The molecule has 26 heavy (non-hydrogen) atoms. The van der Waals surface area contributed by atoms with Gasteiger partial charge in [-0.3, -0.25) is 4.79 Å². The first-order valence-corrected chi connectivity index (χ1v) is 10.3. The number of benzene rings is 1. The van der Waals surface area contributed by atoms with E-state index in [1.54, 1.807) is 49.2 Å². The van der Waals surface area contributed by atoms with Gasteiger partial charge in [0.05, 0.1) is 11.5 Å². The van der Waals surface area contributed by atoms with Crippen LogP contribution in [0.3, 0.4) is 0 Å². The van der Waals surface area contributed by atoms with E-state index in [9.17, 15) is 13.2 Å². The van der Waals surface area contributed by atoms with Crippen molar-refractivity contribution in [2.24, 2.45) is 0 Å². The van der Waals surface area contributed by atoms with E-state index in [0.717, 1.165) is 0 Å². The van der Waals surface area contributed by atoms with Crippen LogP contribution in [-0.2, 0) is 9.84 Å². The fraction of sp³-hybridized carbons (Fsp3) is 0.353. The van der Waals surface area contributed by atoms with Crippen molar-refractivity contribution in [2.45, 2.75) is 19.4 Å². The molecular weight excluding hydrogens is 376 g/mol. The molecule has 0 radical (unpaired) electrons. The highest BCUT2D eigenvalue weighted by Gasteiger charge is 2.31. The van der Waals surface area contributed by atoms with E-state index in [1.807, 2.05) is 0 Å². The van der Waals surface area contributed by atoms with Gasteiger partial charge >= 0.3 is 0 Å². The predicted octanol–water partition coefficient (Wildman–Crippen LogP) is 2.31. The summed E-state index contributed by atoms with van der Waals surface area (Å²) in [4.78, 5) is 22.8. The normalized spacial score (nSPS) is 18.5. The van der Waals surface area contributed by atoms with Crippen LogP contribution in [0.5, 0.6) is 0 Å². The summed E-state index contributed by atoms with van der Waals surface area (Å²) in [7, 11) is -1.22. The van der Waals surface area contributed by atoms with Gasteiger partial charge in [0.2, 0.25) is 0 Å². The molecule has 1 amide bonds. The highest BCUT2D eigenvalue weighted by atomic mass is 35.5. The Kier molecular flexibility index (Phi) is 5.15. The second kappa shape index (κ2) is 7.20. The number of sulfone groups is 1. The van der Waals surface area contributed by atoms with Crippen molar-refractivity contribution >= 4 is 38.9 Å². The van der Waals surface area contributed by atoms with Crippen molar-refractivity contribution in [1.82, 2.24) is 9.97 Å². The van der Waals surface area contributed by atoms with Crippen LogP contribution in [0, 0.1) is 6.92 Å². The number of amides is 1. The number of aromatic nitrogens is 2. The average Bonchev–Trinajstić information content (AvgIpc) is 2.95. The Morgan fingerprint density at radius 3 is 2.58 bits per heavy atom. The van der Waals surface area contributed by atoms with Gasteiger partial charge in [-0.15, -0.1) is 0 Å². The zero-order chi connectivity index (χ0) is 18.9. The molecule has 1 aliphatic heterocycles. The number of carbonyl (C=O) groups excluding carboxylic acids is 1. The highest BCUT2D eigenvalue weighted by Crippen LogP contribution is 2.22. The third kappa shape index (κ3) is 4.31. The van der Waals surface area contributed by atoms with Gasteiger partial charge in [-0.1, -0.05) is 11.6 Å². The number of halogens is 1. The topological polar surface area (TPSA) is 92.3 Å². The standard InChI is InChI=1S/C17H19ClN4O3S/c1-11-19-15(17(23)21-13-5-3-12(18)4-6-13)9-16(20-11)22(2)14-7-8-26(24,25)10-14/h3-6,9,14H,7-8,10H2,1-2H3,(H,21,23). The molecule has 1 aromatic carbocycles. The summed E-state index contributed by atoms with van der Waals surface area (Å²) < 4.78 is 23.4. The Morgan fingerprint density at radius 2 is 1.96 bits per heavy atom. The fourth-order valence-corrected chi connectivity index (χ4v) is 4.75. The lowest BCUT2D eigenvalue weighted by Crippen LogP contribution is -2.33. The van der Waals surface area contributed by atoms with Crippen LogP contribution >= 0.6 is 11.6 Å². The van der Waals surface area contributed by atoms with Crippen molar-refractivity contribution in [3.05, 3.63) is 46.9 Å². The molecule has 9 heteroatoms. The Bertz CT molecular complexity index is 932. The first-order chi connectivity index (χ1) is 12.2. The molecule has 1 fully saturated rings. The van der Waals surface area contributed by atoms with E-state index < -0.39 is 9.84 Å². The lowest BCUT2D eigenvalue weighted by atomic mass is 10.2. The lowest BCUT2D eigenvalue weighted by molar-refractivity contribution is 0.102. The highest BCUT2D eigenvalue weighted by molar-refractivity contribution is 7.91. The number of carbonyl (C=O) groups is 1. The fourth-order valence-electron chi connectivity index (χ4n) is 2.85. The number of rotatable bonds is 4. The Morgan fingerprint density at radius 1 is 1.27 bits per heavy atom. The van der Waals surface area contributed by atoms with E-state index >= 15 is 0 Å². The largest absolute Gasteiger partial charge is 0.356 e. The van der Waals surface area contributed by atoms with Gasteiger partial charge in [-0.05, 0) is 37.6 Å². The molecule has 0 aliphatic carbocycles. The van der Waals surface area contributed by atoms with Gasteiger partial charge in [0.1, 0.15) is 17.3 Å². The molecule has 2 aromatic rings. The molecular formula is C17H19ClN4O3S. The molecule has 2 heterocycles. The molecule has 1 unspecified atom stereocenters. The minimum atomic E-state index is -3.00. The molecule has 0 saturated carbocycles. The molecule has 3 rings (SSSR count). The Hall–Kier alpha value is -2.19. The van der Waals surface area contributed by atoms with Crippen molar-refractivity contribution in [3.63, 3.8) is 0 Å². The van der Waals surface area contributed by atoms with Crippen LogP contribution in [0.25, 0.3) is 0 Å². The predicted molar refractivity (Wildman–Crippen MR) is 102 cm³/mol. The number of hydrogen-bond acceptors (Lipinski definition) is 6. The minimum absolute atomic E-state index is 0.0961. The average molecular weight is 395 g/mol. The van der Waals surface area contributed by atoms with Gasteiger partial charge in [-0.2, -0.15) is 0 Å². The van der Waals surface area contributed by atoms with Crippen LogP contribution in [-0.4, -0.2) is 48.9 Å². The second-order valence-electron chi connectivity index (χ2n) is 6.29. The van der Waals surface area contributed by atoms with E-state index in [-0.39, 0.29) is 29.1 Å². The summed E-state index contributed by atoms with van der Waals surface area (Å²) in [5, 5.41) is 3.34. The molecule has 1 aliphatic rings. The van der Waals surface area contributed by atoms with Crippen molar-refractivity contribution in [2.75, 3.05) is 28.8 Å². The molecule has 1 atom stereocenters. The number of aryl methyl sites for hydroxylation is 1. The monoisotopic (exact) mass is 394 g/mol. The van der Waals surface area contributed by atoms with Crippen molar-refractivity contribution in [3.8, 4) is 0 Å². The van der Waals surface area contributed by atoms with Gasteiger partial charge < -0.3 is 10.2 Å². The van der Waals surface area contributed by atoms with Crippen LogP contribution in [0.1, 0.15) is 22.7 Å². The Balaban J connectivity index is 1.80. The Labute approximate surface area is 157 Å². The maximum atomic E-state index is 12.5. The SMILES string of the molecule is Cc1nc(C(=O)Nc2ccc(Cl)cc2)cc(N(C)C2CCS(=O)(=O)C2)n1. The molecule has 1 aromatic heterocycles. The van der Waals surface area contributed by atoms with Crippen molar-refractivity contribution in [1.29, 1.82) is 0 Å². The van der Waals surface area contributed by atoms with Gasteiger partial charge in [-0.25, -0.2) is 18.4 Å². The smallest absolute Gasteiger partial charge is 0.274 e. The van der Waals surface area contributed by atoms with Gasteiger partial charge in [0.25, 0.3) is 5.91 Å². The van der Waals surface area contributed by atoms with E-state index in [4.69, 9.17) is 11.6 Å². The third-order valence-corrected chi connectivity index (χ3v) is 6.28. The molecule has 0 bridgehead atoms. The second-order valence-corrected chi connectivity index (χ2v) is 8.95. The summed E-state index contributed by atoms with van der Waals surface area (Å²) in [6.45, 7) is 1.70. The first-order valence-electron chi connectivity index (χ1n) is 8.09. The maximum absolute atomic E-state index is 12.5. The number of nitrogens with zero attached hydrogens (tertiary/aromatic N) is 3. The van der Waals surface area contributed by atoms with Gasteiger partial charge in [0.15, 0.2) is 9.84 Å². The summed E-state index contributed by atoms with van der Waals surface area (Å²) in [6.07, 6.45) is 0.550. The molecule has 7 nitrogen and oxygen atoms in total. The van der Waals surface area contributed by atoms with E-state index in [1.165, 1.54) is 0 Å². The molecule has 1 N–H and O–H groups in total. The molecule has 1 saturated heterocycles. The van der Waals surface area contributed by atoms with Crippen LogP contribution in [0.4, 0.5) is 11.5 Å². The summed E-state index contributed by atoms with van der Waals surface area (Å²) in [5.74, 6) is 0.873. The van der Waals surface area contributed by atoms with Crippen molar-refractivity contribution < 1.29 is 13.2 Å². The van der Waals surface area contributed by atoms with Crippen LogP contribution in [0.15, 0.2) is 30.3 Å². The van der Waals surface area contributed by atoms with E-state index in [2.05, 4.69) is 15.3 Å². The number of anilines is 2. The molecule has 0 spiro atoms. The van der Waals surface area contributed by atoms with E-state index in [0.29, 0.717) is 28.8 Å². The zero-order valence-corrected chi connectivity index (χ0v) is 16.0. The maximum Gasteiger partial charge on any atom is 0.274 e. The third-order valence-electron chi connectivity index (χ3n) is 4.28. The number of hydrogen-bond donors (Lipinski definition) is 1. The summed E-state index contributed by atoms with van der Waals surface area (Å²) in [6, 6.07) is 8.18. The lowest BCUT2D eigenvalue weighted by Gasteiger charge is -2.25. The minimum Gasteiger partial charge on any atom is -0.356 e.